The number of amides is 1. The van der Waals surface area contributed by atoms with Crippen molar-refractivity contribution in [3.8, 4) is 5.75 Å². The molecule has 0 spiro atoms. The van der Waals surface area contributed by atoms with Crippen LogP contribution in [0.4, 0.5) is 4.39 Å². The molecule has 1 fully saturated rings. The SMILES string of the molecule is Cc1ccc(C(O)=C2C(=O)C(=O)N(Cc3cccnc3)[C@H]2c2ccc(OCc3ccccc3)cc2)cc1F. The first kappa shape index (κ1) is 24.9. The summed E-state index contributed by atoms with van der Waals surface area (Å²) >= 11 is 0. The van der Waals surface area contributed by atoms with Gasteiger partial charge in [0.2, 0.25) is 0 Å². The fourth-order valence-electron chi connectivity index (χ4n) is 4.46. The van der Waals surface area contributed by atoms with Crippen LogP contribution in [0.3, 0.4) is 0 Å². The van der Waals surface area contributed by atoms with Crippen LogP contribution in [0.2, 0.25) is 0 Å². The molecule has 4 aromatic rings. The number of ether oxygens (including phenoxy) is 1. The van der Waals surface area contributed by atoms with Gasteiger partial charge in [-0.25, -0.2) is 4.39 Å². The predicted molar refractivity (Wildman–Crippen MR) is 140 cm³/mol. The number of aryl methyl sites for hydroxylation is 1. The lowest BCUT2D eigenvalue weighted by atomic mass is 9.94. The van der Waals surface area contributed by atoms with Crippen molar-refractivity contribution in [2.24, 2.45) is 0 Å². The number of aliphatic hydroxyl groups excluding tert-OH is 1. The van der Waals surface area contributed by atoms with E-state index in [1.807, 2.05) is 30.3 Å². The van der Waals surface area contributed by atoms with Crippen molar-refractivity contribution in [1.82, 2.24) is 9.88 Å². The molecule has 1 amide bonds. The summed E-state index contributed by atoms with van der Waals surface area (Å²) in [5, 5.41) is 11.2. The molecule has 1 atom stereocenters. The Bertz CT molecular complexity index is 1500. The lowest BCUT2D eigenvalue weighted by Crippen LogP contribution is -2.29. The van der Waals surface area contributed by atoms with E-state index in [2.05, 4.69) is 4.98 Å². The molecule has 1 aromatic heterocycles. The monoisotopic (exact) mass is 508 g/mol. The van der Waals surface area contributed by atoms with E-state index in [0.29, 0.717) is 23.5 Å². The summed E-state index contributed by atoms with van der Waals surface area (Å²) in [7, 11) is 0. The summed E-state index contributed by atoms with van der Waals surface area (Å²) in [6, 6.07) is 23.7. The van der Waals surface area contributed by atoms with Gasteiger partial charge < -0.3 is 14.7 Å². The fourth-order valence-corrected chi connectivity index (χ4v) is 4.46. The zero-order valence-corrected chi connectivity index (χ0v) is 20.7. The van der Waals surface area contributed by atoms with Crippen molar-refractivity contribution in [3.05, 3.63) is 137 Å². The third-order valence-electron chi connectivity index (χ3n) is 6.51. The van der Waals surface area contributed by atoms with Gasteiger partial charge >= 0.3 is 0 Å². The largest absolute Gasteiger partial charge is 0.507 e. The van der Waals surface area contributed by atoms with Gasteiger partial charge in [0.25, 0.3) is 11.7 Å². The summed E-state index contributed by atoms with van der Waals surface area (Å²) < 4.78 is 20.2. The van der Waals surface area contributed by atoms with Crippen LogP contribution in [0.25, 0.3) is 5.76 Å². The fraction of sp³-hybridized carbons (Fsp3) is 0.129. The Labute approximate surface area is 219 Å². The third kappa shape index (κ3) is 5.04. The quantitative estimate of drug-likeness (QED) is 0.196. The molecule has 38 heavy (non-hydrogen) atoms. The highest BCUT2D eigenvalue weighted by Gasteiger charge is 2.46. The van der Waals surface area contributed by atoms with Gasteiger partial charge in [0.15, 0.2) is 0 Å². The van der Waals surface area contributed by atoms with Gasteiger partial charge in [-0.3, -0.25) is 14.6 Å². The molecule has 1 saturated heterocycles. The van der Waals surface area contributed by atoms with Gasteiger partial charge in [0.1, 0.15) is 23.9 Å². The van der Waals surface area contributed by atoms with Crippen molar-refractivity contribution in [2.45, 2.75) is 26.1 Å². The molecular formula is C31H25FN2O4. The lowest BCUT2D eigenvalue weighted by Gasteiger charge is -2.25. The molecule has 1 aliphatic heterocycles. The summed E-state index contributed by atoms with van der Waals surface area (Å²) in [6.07, 6.45) is 3.24. The molecule has 5 rings (SSSR count). The summed E-state index contributed by atoms with van der Waals surface area (Å²) in [4.78, 5) is 31.9. The second-order valence-corrected chi connectivity index (χ2v) is 9.10. The molecule has 0 aliphatic carbocycles. The molecule has 3 aromatic carbocycles. The van der Waals surface area contributed by atoms with Crippen molar-refractivity contribution in [2.75, 3.05) is 0 Å². The highest BCUT2D eigenvalue weighted by atomic mass is 19.1. The lowest BCUT2D eigenvalue weighted by molar-refractivity contribution is -0.140. The van der Waals surface area contributed by atoms with E-state index in [4.69, 9.17) is 4.74 Å². The summed E-state index contributed by atoms with van der Waals surface area (Å²) in [5.74, 6) is -1.91. The van der Waals surface area contributed by atoms with Crippen LogP contribution in [0, 0.1) is 12.7 Å². The highest BCUT2D eigenvalue weighted by molar-refractivity contribution is 6.46. The van der Waals surface area contributed by atoms with E-state index in [1.165, 1.54) is 17.0 Å². The number of carbonyl (C=O) groups is 2. The second-order valence-electron chi connectivity index (χ2n) is 9.10. The number of aliphatic hydroxyl groups is 1. The Kier molecular flexibility index (Phi) is 7.00. The zero-order valence-electron chi connectivity index (χ0n) is 20.7. The Morgan fingerprint density at radius 3 is 2.39 bits per heavy atom. The van der Waals surface area contributed by atoms with Crippen LogP contribution in [0.1, 0.15) is 33.9 Å². The first-order valence-electron chi connectivity index (χ1n) is 12.1. The van der Waals surface area contributed by atoms with Gasteiger partial charge in [-0.2, -0.15) is 0 Å². The van der Waals surface area contributed by atoms with Crippen molar-refractivity contribution in [3.63, 3.8) is 0 Å². The predicted octanol–water partition coefficient (Wildman–Crippen LogP) is 5.73. The Hall–Kier alpha value is -4.78. The molecule has 0 radical (unpaired) electrons. The number of ketones is 1. The maximum atomic E-state index is 14.3. The number of halogens is 1. The molecule has 7 heteroatoms. The number of aromatic nitrogens is 1. The maximum Gasteiger partial charge on any atom is 0.295 e. The number of pyridine rings is 1. The van der Waals surface area contributed by atoms with E-state index in [0.717, 1.165) is 17.2 Å². The van der Waals surface area contributed by atoms with Crippen molar-refractivity contribution < 1.29 is 23.8 Å². The minimum atomic E-state index is -0.886. The molecule has 0 saturated carbocycles. The number of carbonyl (C=O) groups excluding carboxylic acids is 2. The standard InChI is InChI=1S/C31H25FN2O4/c1-20-9-10-24(16-26(20)32)29(35)27-28(34(31(37)30(27)36)18-22-8-5-15-33-17-22)23-11-13-25(14-12-23)38-19-21-6-3-2-4-7-21/h2-17,28,35H,18-19H2,1H3/t28-/m0/s1. The summed E-state index contributed by atoms with van der Waals surface area (Å²) in [6.45, 7) is 2.10. The molecule has 1 aliphatic rings. The number of rotatable bonds is 7. The van der Waals surface area contributed by atoms with Crippen LogP contribution in [-0.2, 0) is 22.7 Å². The molecule has 1 N–H and O–H groups in total. The van der Waals surface area contributed by atoms with E-state index in [1.54, 1.807) is 55.7 Å². The second kappa shape index (κ2) is 10.7. The highest BCUT2D eigenvalue weighted by Crippen LogP contribution is 2.40. The number of likely N-dealkylation sites (tertiary alicyclic amines) is 1. The van der Waals surface area contributed by atoms with Crippen LogP contribution in [0.5, 0.6) is 5.75 Å². The molecule has 6 nitrogen and oxygen atoms in total. The number of Topliss-reactive ketones (excluding diaryl/α,β-unsaturated/α-hetero) is 1. The van der Waals surface area contributed by atoms with Crippen LogP contribution >= 0.6 is 0 Å². The Morgan fingerprint density at radius 1 is 0.974 bits per heavy atom. The molecule has 0 unspecified atom stereocenters. The average Bonchev–Trinajstić information content (AvgIpc) is 3.19. The first-order chi connectivity index (χ1) is 18.4. The van der Waals surface area contributed by atoms with E-state index in [-0.39, 0.29) is 17.7 Å². The van der Waals surface area contributed by atoms with E-state index < -0.39 is 29.3 Å². The Morgan fingerprint density at radius 2 is 1.71 bits per heavy atom. The zero-order chi connectivity index (χ0) is 26.6. The molecule has 2 heterocycles. The van der Waals surface area contributed by atoms with Crippen LogP contribution in [-0.4, -0.2) is 26.7 Å². The number of nitrogens with zero attached hydrogens (tertiary/aromatic N) is 2. The van der Waals surface area contributed by atoms with Crippen LogP contribution in [0.15, 0.2) is 103 Å². The van der Waals surface area contributed by atoms with Crippen LogP contribution < -0.4 is 4.74 Å². The average molecular weight is 509 g/mol. The topological polar surface area (TPSA) is 79.7 Å². The number of hydrogen-bond acceptors (Lipinski definition) is 5. The normalized spacial score (nSPS) is 16.6. The number of hydrogen-bond donors (Lipinski definition) is 1. The minimum Gasteiger partial charge on any atom is -0.507 e. The van der Waals surface area contributed by atoms with E-state index >= 15 is 0 Å². The van der Waals surface area contributed by atoms with Gasteiger partial charge in [-0.05, 0) is 53.4 Å². The van der Waals surface area contributed by atoms with Gasteiger partial charge in [0.05, 0.1) is 11.6 Å². The van der Waals surface area contributed by atoms with Gasteiger partial charge in [0, 0.05) is 24.5 Å². The smallest absolute Gasteiger partial charge is 0.295 e. The van der Waals surface area contributed by atoms with Crippen molar-refractivity contribution in [1.29, 1.82) is 0 Å². The molecule has 190 valence electrons. The van der Waals surface area contributed by atoms with Crippen molar-refractivity contribution >= 4 is 17.4 Å². The number of benzene rings is 3. The molecule has 0 bridgehead atoms. The van der Waals surface area contributed by atoms with Gasteiger partial charge in [-0.15, -0.1) is 0 Å². The minimum absolute atomic E-state index is 0.0971. The Balaban J connectivity index is 1.52. The summed E-state index contributed by atoms with van der Waals surface area (Å²) in [5.41, 5.74) is 2.78. The van der Waals surface area contributed by atoms with E-state index in [9.17, 15) is 19.1 Å². The first-order valence-corrected chi connectivity index (χ1v) is 12.1. The third-order valence-corrected chi connectivity index (χ3v) is 6.51. The maximum absolute atomic E-state index is 14.3. The molecular weight excluding hydrogens is 483 g/mol. The van der Waals surface area contributed by atoms with Gasteiger partial charge in [-0.1, -0.05) is 60.7 Å².